The van der Waals surface area contributed by atoms with Crippen LogP contribution in [0, 0.1) is 11.7 Å². The third-order valence-corrected chi connectivity index (χ3v) is 7.11. The van der Waals surface area contributed by atoms with Crippen LogP contribution < -0.4 is 11.1 Å². The SMILES string of the molecule is C=C=C(CN)N1CCn2c(nc(-c3ccc(F)cc3)c2NC2CCC(C(F)(F)F)CC2)C1(C)C. The van der Waals surface area contributed by atoms with E-state index in [1.54, 1.807) is 12.1 Å². The Morgan fingerprint density at radius 2 is 1.82 bits per heavy atom. The van der Waals surface area contributed by atoms with Gasteiger partial charge in [-0.1, -0.05) is 6.58 Å². The third kappa shape index (κ3) is 4.46. The zero-order valence-electron chi connectivity index (χ0n) is 19.6. The highest BCUT2D eigenvalue weighted by molar-refractivity contribution is 5.73. The molecule has 4 rings (SSSR count). The number of nitrogens with one attached hydrogen (secondary N) is 1. The fourth-order valence-corrected chi connectivity index (χ4v) is 5.20. The average molecular weight is 478 g/mol. The Morgan fingerprint density at radius 1 is 1.18 bits per heavy atom. The summed E-state index contributed by atoms with van der Waals surface area (Å²) in [5, 5.41) is 3.51. The largest absolute Gasteiger partial charge is 0.391 e. The maximum atomic E-state index is 13.6. The summed E-state index contributed by atoms with van der Waals surface area (Å²) in [5.41, 5.74) is 10.5. The molecule has 1 fully saturated rings. The summed E-state index contributed by atoms with van der Waals surface area (Å²) >= 11 is 0. The minimum Gasteiger partial charge on any atom is -0.367 e. The van der Waals surface area contributed by atoms with Gasteiger partial charge in [-0.15, -0.1) is 5.73 Å². The predicted octanol–water partition coefficient (Wildman–Crippen LogP) is 5.40. The Kier molecular flexibility index (Phi) is 6.53. The third-order valence-electron chi connectivity index (χ3n) is 7.11. The second-order valence-corrected chi connectivity index (χ2v) is 9.56. The van der Waals surface area contributed by atoms with Gasteiger partial charge in [0.15, 0.2) is 0 Å². The fraction of sp³-hybridized carbons (Fsp3) is 0.520. The summed E-state index contributed by atoms with van der Waals surface area (Å²) in [6.45, 7) is 9.43. The van der Waals surface area contributed by atoms with Crippen LogP contribution in [0.15, 0.2) is 42.3 Å². The molecule has 0 atom stereocenters. The predicted molar refractivity (Wildman–Crippen MR) is 124 cm³/mol. The molecule has 0 saturated heterocycles. The highest BCUT2D eigenvalue weighted by atomic mass is 19.4. The maximum Gasteiger partial charge on any atom is 0.391 e. The van der Waals surface area contributed by atoms with Crippen LogP contribution in [0.25, 0.3) is 11.3 Å². The van der Waals surface area contributed by atoms with E-state index < -0.39 is 17.6 Å². The molecule has 9 heteroatoms. The second kappa shape index (κ2) is 9.12. The summed E-state index contributed by atoms with van der Waals surface area (Å²) in [7, 11) is 0. The van der Waals surface area contributed by atoms with E-state index in [9.17, 15) is 17.6 Å². The average Bonchev–Trinajstić information content (AvgIpc) is 3.16. The van der Waals surface area contributed by atoms with Gasteiger partial charge in [-0.3, -0.25) is 0 Å². The van der Waals surface area contributed by atoms with E-state index in [-0.39, 0.29) is 24.7 Å². The minimum atomic E-state index is -4.15. The van der Waals surface area contributed by atoms with Crippen LogP contribution in [0.1, 0.15) is 45.4 Å². The minimum absolute atomic E-state index is 0.0904. The van der Waals surface area contributed by atoms with Crippen molar-refractivity contribution in [1.82, 2.24) is 14.5 Å². The number of hydrogen-bond acceptors (Lipinski definition) is 4. The lowest BCUT2D eigenvalue weighted by Crippen LogP contribution is -2.49. The molecule has 2 aliphatic rings. The van der Waals surface area contributed by atoms with E-state index in [1.807, 2.05) is 13.8 Å². The zero-order chi connectivity index (χ0) is 24.7. The van der Waals surface area contributed by atoms with E-state index in [1.165, 1.54) is 12.1 Å². The zero-order valence-corrected chi connectivity index (χ0v) is 19.6. The molecule has 0 amide bonds. The normalized spacial score (nSPS) is 22.1. The molecule has 1 saturated carbocycles. The van der Waals surface area contributed by atoms with Gasteiger partial charge in [-0.25, -0.2) is 9.37 Å². The summed E-state index contributed by atoms with van der Waals surface area (Å²) < 4.78 is 55.1. The van der Waals surface area contributed by atoms with Gasteiger partial charge >= 0.3 is 6.18 Å². The molecular formula is C25H31F4N5. The molecule has 2 aromatic rings. The van der Waals surface area contributed by atoms with Crippen molar-refractivity contribution in [2.24, 2.45) is 11.7 Å². The lowest BCUT2D eigenvalue weighted by atomic mass is 9.85. The van der Waals surface area contributed by atoms with E-state index in [2.05, 4.69) is 27.1 Å². The molecule has 0 spiro atoms. The van der Waals surface area contributed by atoms with Gasteiger partial charge in [-0.2, -0.15) is 13.2 Å². The Balaban J connectivity index is 1.71. The molecule has 0 radical (unpaired) electrons. The monoisotopic (exact) mass is 477 g/mol. The van der Waals surface area contributed by atoms with Gasteiger partial charge < -0.3 is 20.5 Å². The number of hydrogen-bond donors (Lipinski definition) is 2. The number of rotatable bonds is 5. The molecule has 34 heavy (non-hydrogen) atoms. The first-order chi connectivity index (χ1) is 16.1. The van der Waals surface area contributed by atoms with Crippen molar-refractivity contribution >= 4 is 5.82 Å². The fourth-order valence-electron chi connectivity index (χ4n) is 5.20. The molecule has 0 unspecified atom stereocenters. The molecule has 2 heterocycles. The number of anilines is 1. The highest BCUT2D eigenvalue weighted by Crippen LogP contribution is 2.42. The number of nitrogens with zero attached hydrogens (tertiary/aromatic N) is 3. The van der Waals surface area contributed by atoms with Crippen LogP contribution in [-0.4, -0.2) is 39.8 Å². The van der Waals surface area contributed by atoms with Crippen LogP contribution in [-0.2, 0) is 12.1 Å². The van der Waals surface area contributed by atoms with Gasteiger partial charge in [-0.05, 0) is 63.8 Å². The molecule has 1 aliphatic heterocycles. The van der Waals surface area contributed by atoms with Crippen molar-refractivity contribution in [3.63, 3.8) is 0 Å². The van der Waals surface area contributed by atoms with Crippen molar-refractivity contribution in [3.05, 3.63) is 53.9 Å². The first-order valence-corrected chi connectivity index (χ1v) is 11.6. The molecule has 1 aliphatic carbocycles. The molecular weight excluding hydrogens is 446 g/mol. The van der Waals surface area contributed by atoms with Gasteiger partial charge in [0.05, 0.1) is 17.2 Å². The number of imidazole rings is 1. The van der Waals surface area contributed by atoms with E-state index >= 15 is 0 Å². The summed E-state index contributed by atoms with van der Waals surface area (Å²) in [5.74, 6) is -0.0234. The Hall–Kier alpha value is -2.77. The summed E-state index contributed by atoms with van der Waals surface area (Å²) in [6.07, 6.45) is -3.07. The number of fused-ring (bicyclic) bond motifs is 1. The molecule has 5 nitrogen and oxygen atoms in total. The van der Waals surface area contributed by atoms with Crippen molar-refractivity contribution in [3.8, 4) is 11.3 Å². The number of benzene rings is 1. The first kappa shape index (κ1) is 24.4. The van der Waals surface area contributed by atoms with Gasteiger partial charge in [0.1, 0.15) is 23.2 Å². The number of halogens is 4. The van der Waals surface area contributed by atoms with Crippen molar-refractivity contribution < 1.29 is 17.6 Å². The highest BCUT2D eigenvalue weighted by Gasteiger charge is 2.43. The second-order valence-electron chi connectivity index (χ2n) is 9.56. The summed E-state index contributed by atoms with van der Waals surface area (Å²) in [6, 6.07) is 6.03. The first-order valence-electron chi connectivity index (χ1n) is 11.6. The van der Waals surface area contributed by atoms with Crippen LogP contribution >= 0.6 is 0 Å². The number of aromatic nitrogens is 2. The topological polar surface area (TPSA) is 59.1 Å². The van der Waals surface area contributed by atoms with Crippen LogP contribution in [0.5, 0.6) is 0 Å². The van der Waals surface area contributed by atoms with Crippen molar-refractivity contribution in [1.29, 1.82) is 0 Å². The van der Waals surface area contributed by atoms with Crippen LogP contribution in [0.2, 0.25) is 0 Å². The lowest BCUT2D eigenvalue weighted by molar-refractivity contribution is -0.182. The summed E-state index contributed by atoms with van der Waals surface area (Å²) in [4.78, 5) is 7.11. The Labute approximate surface area is 197 Å². The van der Waals surface area contributed by atoms with Gasteiger partial charge in [0.25, 0.3) is 0 Å². The maximum absolute atomic E-state index is 13.6. The van der Waals surface area contributed by atoms with Crippen molar-refractivity contribution in [2.45, 2.75) is 63.8 Å². The van der Waals surface area contributed by atoms with Crippen LogP contribution in [0.3, 0.4) is 0 Å². The molecule has 1 aromatic carbocycles. The van der Waals surface area contributed by atoms with Crippen LogP contribution in [0.4, 0.5) is 23.4 Å². The molecule has 0 bridgehead atoms. The smallest absolute Gasteiger partial charge is 0.367 e. The van der Waals surface area contributed by atoms with Gasteiger partial charge in [0, 0.05) is 31.2 Å². The molecule has 3 N–H and O–H groups in total. The standard InChI is InChI=1S/C25H31F4N5/c1-4-20(15-30)34-14-13-33-22(31-19-11-7-17(8-12-19)25(27,28)29)21(32-23(33)24(34,2)3)16-5-9-18(26)10-6-16/h5-6,9-10,17,19,31H,1,7-8,11-15,30H2,2-3H3. The molecule has 184 valence electrons. The van der Waals surface area contributed by atoms with Gasteiger partial charge in [0.2, 0.25) is 0 Å². The number of alkyl halides is 3. The lowest BCUT2D eigenvalue weighted by Gasteiger charge is -2.44. The Bertz CT molecular complexity index is 1070. The van der Waals surface area contributed by atoms with Crippen molar-refractivity contribution in [2.75, 3.05) is 18.4 Å². The quantitative estimate of drug-likeness (QED) is 0.447. The van der Waals surface area contributed by atoms with E-state index in [4.69, 9.17) is 10.7 Å². The van der Waals surface area contributed by atoms with E-state index in [0.717, 1.165) is 22.9 Å². The molecule has 1 aromatic heterocycles. The number of nitrogens with two attached hydrogens (primary N) is 1. The Morgan fingerprint density at radius 3 is 2.38 bits per heavy atom. The van der Waals surface area contributed by atoms with E-state index in [0.29, 0.717) is 38.2 Å².